The summed E-state index contributed by atoms with van der Waals surface area (Å²) in [6, 6.07) is 1.01. The molecule has 17 heteroatoms. The van der Waals surface area contributed by atoms with Crippen LogP contribution in [0.25, 0.3) is 0 Å². The number of ether oxygens (including phenoxy) is 1. The standard InChI is InChI=1S/C26H40FN7O7S2/c1-8-43(38,39)34-17-10-9-11-18(34)14-19(13-17)32(6)24-28-20(15-40-42(7,36)37)22(27)23(30-24)29-21-12-16(2)33(31-21)25(35)41-26(3,4)5/h12,17-19H,8-11,13-15H2,1-7H3,(H,28,29,30,31)/t17-,18+,19-. The van der Waals surface area contributed by atoms with Gasteiger partial charge >= 0.3 is 6.09 Å². The summed E-state index contributed by atoms with van der Waals surface area (Å²) in [5.41, 5.74) is -0.644. The molecular formula is C26H40FN7O7S2. The van der Waals surface area contributed by atoms with Crippen molar-refractivity contribution in [2.75, 3.05) is 29.3 Å². The first-order chi connectivity index (χ1) is 19.9. The zero-order valence-corrected chi connectivity index (χ0v) is 27.1. The Morgan fingerprint density at radius 1 is 1.16 bits per heavy atom. The number of aromatic nitrogens is 4. The molecule has 2 aliphatic heterocycles. The normalized spacial score (nSPS) is 21.4. The lowest BCUT2D eigenvalue weighted by Crippen LogP contribution is -2.58. The van der Waals surface area contributed by atoms with Gasteiger partial charge in [0.25, 0.3) is 10.1 Å². The van der Waals surface area contributed by atoms with Crippen LogP contribution in [-0.2, 0) is 35.7 Å². The van der Waals surface area contributed by atoms with Gasteiger partial charge in [-0.3, -0.25) is 4.18 Å². The molecule has 4 heterocycles. The maximum Gasteiger partial charge on any atom is 0.435 e. The van der Waals surface area contributed by atoms with E-state index in [0.29, 0.717) is 18.5 Å². The first-order valence-corrected chi connectivity index (χ1v) is 17.5. The molecule has 0 unspecified atom stereocenters. The average molecular weight is 646 g/mol. The number of anilines is 3. The Bertz CT molecular complexity index is 1560. The van der Waals surface area contributed by atoms with E-state index in [-0.39, 0.29) is 47.2 Å². The molecule has 2 saturated heterocycles. The number of carbonyl (C=O) groups is 1. The third-order valence-corrected chi connectivity index (χ3v) is 9.96. The Morgan fingerprint density at radius 2 is 1.79 bits per heavy atom. The molecule has 14 nitrogen and oxygen atoms in total. The van der Waals surface area contributed by atoms with Gasteiger partial charge in [0.15, 0.2) is 17.5 Å². The summed E-state index contributed by atoms with van der Waals surface area (Å²) in [6.07, 6.45) is 3.61. The van der Waals surface area contributed by atoms with Gasteiger partial charge in [-0.25, -0.2) is 22.6 Å². The molecule has 2 aromatic heterocycles. The molecule has 43 heavy (non-hydrogen) atoms. The van der Waals surface area contributed by atoms with Crippen LogP contribution in [0.15, 0.2) is 6.07 Å². The van der Waals surface area contributed by atoms with Gasteiger partial charge in [0.05, 0.1) is 12.0 Å². The number of hydrogen-bond donors (Lipinski definition) is 1. The van der Waals surface area contributed by atoms with E-state index in [0.717, 1.165) is 30.2 Å². The molecule has 2 fully saturated rings. The number of sulfonamides is 1. The number of aryl methyl sites for hydroxylation is 1. The Morgan fingerprint density at radius 3 is 2.35 bits per heavy atom. The Kier molecular flexibility index (Phi) is 9.40. The summed E-state index contributed by atoms with van der Waals surface area (Å²) in [5.74, 6) is -1.04. The molecule has 240 valence electrons. The van der Waals surface area contributed by atoms with Crippen LogP contribution in [0.5, 0.6) is 0 Å². The van der Waals surface area contributed by atoms with E-state index in [1.165, 1.54) is 6.07 Å². The lowest BCUT2D eigenvalue weighted by molar-refractivity contribution is 0.0511. The highest BCUT2D eigenvalue weighted by molar-refractivity contribution is 7.89. The minimum absolute atomic E-state index is 0.0312. The summed E-state index contributed by atoms with van der Waals surface area (Å²) in [6.45, 7) is 7.75. The fraction of sp³-hybridized carbons (Fsp3) is 0.692. The Hall–Kier alpha value is -2.89. The smallest absolute Gasteiger partial charge is 0.435 e. The number of fused-ring (bicyclic) bond motifs is 2. The van der Waals surface area contributed by atoms with Crippen LogP contribution in [0, 0.1) is 12.7 Å². The summed E-state index contributed by atoms with van der Waals surface area (Å²) in [7, 11) is -5.55. The van der Waals surface area contributed by atoms with Crippen molar-refractivity contribution < 1.29 is 34.9 Å². The van der Waals surface area contributed by atoms with Crippen molar-refractivity contribution in [3.8, 4) is 0 Å². The molecule has 0 spiro atoms. The topological polar surface area (TPSA) is 166 Å². The lowest BCUT2D eigenvalue weighted by Gasteiger charge is -2.49. The molecule has 4 rings (SSSR count). The number of hydrogen-bond acceptors (Lipinski definition) is 12. The second-order valence-electron chi connectivity index (χ2n) is 12.0. The molecule has 0 amide bonds. The molecule has 1 N–H and O–H groups in total. The molecule has 3 atom stereocenters. The van der Waals surface area contributed by atoms with Crippen molar-refractivity contribution in [3.63, 3.8) is 0 Å². The average Bonchev–Trinajstić information content (AvgIpc) is 3.26. The van der Waals surface area contributed by atoms with Gasteiger partial charge in [-0.05, 0) is 60.3 Å². The summed E-state index contributed by atoms with van der Waals surface area (Å²) in [5, 5.41) is 6.96. The maximum absolute atomic E-state index is 15.6. The van der Waals surface area contributed by atoms with Crippen LogP contribution in [0.4, 0.5) is 26.8 Å². The molecular weight excluding hydrogens is 605 g/mol. The van der Waals surface area contributed by atoms with Crippen molar-refractivity contribution >= 4 is 43.8 Å². The predicted octanol–water partition coefficient (Wildman–Crippen LogP) is 3.30. The fourth-order valence-electron chi connectivity index (χ4n) is 5.52. The second-order valence-corrected chi connectivity index (χ2v) is 15.8. The first-order valence-electron chi connectivity index (χ1n) is 14.1. The second kappa shape index (κ2) is 12.2. The molecule has 0 saturated carbocycles. The highest BCUT2D eigenvalue weighted by atomic mass is 32.2. The van der Waals surface area contributed by atoms with E-state index in [1.54, 1.807) is 50.9 Å². The number of rotatable bonds is 9. The van der Waals surface area contributed by atoms with Gasteiger partial charge in [0.2, 0.25) is 16.0 Å². The minimum Gasteiger partial charge on any atom is -0.442 e. The maximum atomic E-state index is 15.6. The SMILES string of the molecule is CCS(=O)(=O)N1[C@@H]2CCC[C@H]1C[C@H](N(C)c1nc(COS(C)(=O)=O)c(F)c(Nc3cc(C)n(C(=O)OC(C)(C)C)n3)n1)C2. The van der Waals surface area contributed by atoms with E-state index >= 15 is 4.39 Å². The number of carbonyl (C=O) groups excluding carboxylic acids is 1. The number of nitrogens with zero attached hydrogens (tertiary/aromatic N) is 6. The van der Waals surface area contributed by atoms with Crippen molar-refractivity contribution in [3.05, 3.63) is 23.3 Å². The highest BCUT2D eigenvalue weighted by Crippen LogP contribution is 2.38. The van der Waals surface area contributed by atoms with Crippen LogP contribution >= 0.6 is 0 Å². The van der Waals surface area contributed by atoms with Crippen LogP contribution in [-0.4, -0.2) is 89.8 Å². The fourth-order valence-corrected chi connectivity index (χ4v) is 7.43. The van der Waals surface area contributed by atoms with E-state index in [9.17, 15) is 21.6 Å². The molecule has 2 bridgehead atoms. The Balaban J connectivity index is 1.66. The largest absolute Gasteiger partial charge is 0.442 e. The highest BCUT2D eigenvalue weighted by Gasteiger charge is 2.45. The first kappa shape index (κ1) is 33.0. The lowest BCUT2D eigenvalue weighted by atomic mass is 9.83. The summed E-state index contributed by atoms with van der Waals surface area (Å²) < 4.78 is 77.6. The third-order valence-electron chi connectivity index (χ3n) is 7.45. The van der Waals surface area contributed by atoms with E-state index in [2.05, 4.69) is 20.4 Å². The monoisotopic (exact) mass is 645 g/mol. The van der Waals surface area contributed by atoms with Crippen molar-refractivity contribution in [2.45, 2.75) is 97.1 Å². The zero-order valence-electron chi connectivity index (χ0n) is 25.5. The van der Waals surface area contributed by atoms with Crippen LogP contribution < -0.4 is 10.2 Å². The number of halogens is 1. The van der Waals surface area contributed by atoms with Crippen molar-refractivity contribution in [1.82, 2.24) is 24.1 Å². The molecule has 0 aromatic carbocycles. The quantitative estimate of drug-likeness (QED) is 0.396. The van der Waals surface area contributed by atoms with Gasteiger partial charge in [-0.15, -0.1) is 5.10 Å². The zero-order chi connectivity index (χ0) is 31.9. The minimum atomic E-state index is -3.91. The van der Waals surface area contributed by atoms with Crippen LogP contribution in [0.3, 0.4) is 0 Å². The van der Waals surface area contributed by atoms with Crippen LogP contribution in [0.1, 0.15) is 71.2 Å². The van der Waals surface area contributed by atoms with Gasteiger partial charge in [0, 0.05) is 36.9 Å². The predicted molar refractivity (Wildman–Crippen MR) is 158 cm³/mol. The van der Waals surface area contributed by atoms with Gasteiger partial charge < -0.3 is 15.0 Å². The number of nitrogens with one attached hydrogen (secondary N) is 1. The summed E-state index contributed by atoms with van der Waals surface area (Å²) >= 11 is 0. The molecule has 2 aromatic rings. The van der Waals surface area contributed by atoms with Crippen molar-refractivity contribution in [1.29, 1.82) is 0 Å². The van der Waals surface area contributed by atoms with Crippen molar-refractivity contribution in [2.24, 2.45) is 0 Å². The molecule has 2 aliphatic rings. The molecule has 0 aliphatic carbocycles. The van der Waals surface area contributed by atoms with E-state index in [4.69, 9.17) is 8.92 Å². The van der Waals surface area contributed by atoms with Gasteiger partial charge in [0.1, 0.15) is 17.9 Å². The van der Waals surface area contributed by atoms with Gasteiger partial charge in [-0.1, -0.05) is 6.42 Å². The Labute approximate surface area is 252 Å². The van der Waals surface area contributed by atoms with E-state index in [1.807, 2.05) is 0 Å². The molecule has 0 radical (unpaired) electrons. The summed E-state index contributed by atoms with van der Waals surface area (Å²) in [4.78, 5) is 23.0. The number of piperidine rings is 2. The van der Waals surface area contributed by atoms with Gasteiger partial charge in [-0.2, -0.15) is 22.4 Å². The van der Waals surface area contributed by atoms with Crippen LogP contribution in [0.2, 0.25) is 0 Å². The van der Waals surface area contributed by atoms with E-state index < -0.39 is 44.3 Å². The third kappa shape index (κ3) is 7.80.